The Hall–Kier alpha value is -4.95. The van der Waals surface area contributed by atoms with Crippen LogP contribution in [0.15, 0.2) is 60.2 Å². The van der Waals surface area contributed by atoms with E-state index >= 15 is 0 Å². The third-order valence-electron chi connectivity index (χ3n) is 6.27. The molecule has 1 atom stereocenters. The number of carboxylic acids is 1. The fourth-order valence-corrected chi connectivity index (χ4v) is 4.52. The molecule has 0 bridgehead atoms. The highest BCUT2D eigenvalue weighted by atomic mass is 19.4. The SMILES string of the molecule is NC(=O)C1=C(F)CCC(c2cccnc2[C@H](Cc2cc(F)cc(F)c2)NC(=O)Cn2cc(C(=O)O)c(C(F)(F)F)n2)=C1. The number of hydrogen-bond acceptors (Lipinski definition) is 5. The van der Waals surface area contributed by atoms with Gasteiger partial charge in [-0.1, -0.05) is 6.07 Å². The van der Waals surface area contributed by atoms with E-state index in [1.54, 1.807) is 6.07 Å². The summed E-state index contributed by atoms with van der Waals surface area (Å²) in [6.07, 6.45) is -2.27. The molecule has 0 aliphatic heterocycles. The lowest BCUT2D eigenvalue weighted by atomic mass is 9.89. The molecule has 1 aromatic carbocycles. The number of nitrogens with two attached hydrogens (primary N) is 1. The number of aromatic carboxylic acids is 1. The van der Waals surface area contributed by atoms with Crippen LogP contribution in [0.5, 0.6) is 0 Å². The molecule has 2 aromatic heterocycles. The molecule has 4 N–H and O–H groups in total. The summed E-state index contributed by atoms with van der Waals surface area (Å²) in [4.78, 5) is 40.3. The number of carbonyl (C=O) groups is 3. The van der Waals surface area contributed by atoms with Gasteiger partial charge in [0.05, 0.1) is 17.3 Å². The van der Waals surface area contributed by atoms with Gasteiger partial charge >= 0.3 is 12.1 Å². The molecule has 4 rings (SSSR count). The Balaban J connectivity index is 1.72. The lowest BCUT2D eigenvalue weighted by Crippen LogP contribution is -2.34. The molecular formula is C27H21F6N5O4. The van der Waals surface area contributed by atoms with Crippen molar-refractivity contribution in [3.63, 3.8) is 0 Å². The average molecular weight is 593 g/mol. The van der Waals surface area contributed by atoms with Crippen LogP contribution in [0, 0.1) is 11.6 Å². The maximum Gasteiger partial charge on any atom is 0.436 e. The van der Waals surface area contributed by atoms with Gasteiger partial charge in [0.25, 0.3) is 5.91 Å². The number of nitrogens with one attached hydrogen (secondary N) is 1. The third kappa shape index (κ3) is 6.85. The Kier molecular flexibility index (Phi) is 8.49. The summed E-state index contributed by atoms with van der Waals surface area (Å²) >= 11 is 0. The van der Waals surface area contributed by atoms with Crippen molar-refractivity contribution >= 4 is 23.4 Å². The summed E-state index contributed by atoms with van der Waals surface area (Å²) in [6.45, 7) is -0.852. The Morgan fingerprint density at radius 1 is 1.10 bits per heavy atom. The van der Waals surface area contributed by atoms with Crippen LogP contribution in [0.4, 0.5) is 26.3 Å². The number of aromatic nitrogens is 3. The van der Waals surface area contributed by atoms with Gasteiger partial charge in [0, 0.05) is 30.4 Å². The monoisotopic (exact) mass is 593 g/mol. The number of hydrogen-bond donors (Lipinski definition) is 3. The van der Waals surface area contributed by atoms with Crippen molar-refractivity contribution in [2.75, 3.05) is 0 Å². The van der Waals surface area contributed by atoms with Crippen LogP contribution in [0.2, 0.25) is 0 Å². The third-order valence-corrected chi connectivity index (χ3v) is 6.27. The minimum atomic E-state index is -5.10. The van der Waals surface area contributed by atoms with E-state index in [1.807, 2.05) is 0 Å². The van der Waals surface area contributed by atoms with Gasteiger partial charge in [-0.05, 0) is 48.3 Å². The fourth-order valence-electron chi connectivity index (χ4n) is 4.52. The molecule has 0 saturated heterocycles. The zero-order valence-electron chi connectivity index (χ0n) is 21.4. The number of primary amides is 1. The van der Waals surface area contributed by atoms with Crippen LogP contribution < -0.4 is 11.1 Å². The Morgan fingerprint density at radius 2 is 1.79 bits per heavy atom. The van der Waals surface area contributed by atoms with Crippen molar-refractivity contribution in [2.24, 2.45) is 5.73 Å². The number of benzene rings is 1. The van der Waals surface area contributed by atoms with Gasteiger partial charge in [0.2, 0.25) is 5.91 Å². The van der Waals surface area contributed by atoms with Crippen molar-refractivity contribution in [3.05, 3.63) is 99.9 Å². The number of pyridine rings is 1. The number of allylic oxidation sites excluding steroid dienone is 2. The van der Waals surface area contributed by atoms with Crippen LogP contribution >= 0.6 is 0 Å². The molecule has 9 nitrogen and oxygen atoms in total. The molecule has 1 aliphatic rings. The maximum absolute atomic E-state index is 14.2. The first-order valence-electron chi connectivity index (χ1n) is 12.2. The largest absolute Gasteiger partial charge is 0.478 e. The molecule has 2 amide bonds. The van der Waals surface area contributed by atoms with Gasteiger partial charge in [0.1, 0.15) is 29.6 Å². The Morgan fingerprint density at radius 3 is 2.38 bits per heavy atom. The minimum Gasteiger partial charge on any atom is -0.478 e. The second-order valence-corrected chi connectivity index (χ2v) is 9.28. The summed E-state index contributed by atoms with van der Waals surface area (Å²) in [5, 5.41) is 14.9. The predicted molar refractivity (Wildman–Crippen MR) is 134 cm³/mol. The molecular weight excluding hydrogens is 572 g/mol. The molecule has 1 aliphatic carbocycles. The molecule has 3 aromatic rings. The lowest BCUT2D eigenvalue weighted by molar-refractivity contribution is -0.142. The van der Waals surface area contributed by atoms with E-state index in [4.69, 9.17) is 10.8 Å². The maximum atomic E-state index is 14.2. The van der Waals surface area contributed by atoms with Gasteiger partial charge in [0.15, 0.2) is 5.69 Å². The van der Waals surface area contributed by atoms with E-state index < -0.39 is 65.3 Å². The van der Waals surface area contributed by atoms with Gasteiger partial charge in [-0.15, -0.1) is 0 Å². The number of carbonyl (C=O) groups excluding carboxylic acids is 2. The van der Waals surface area contributed by atoms with Crippen molar-refractivity contribution in [1.82, 2.24) is 20.1 Å². The molecule has 0 spiro atoms. The van der Waals surface area contributed by atoms with E-state index in [0.717, 1.165) is 12.1 Å². The highest BCUT2D eigenvalue weighted by Gasteiger charge is 2.39. The van der Waals surface area contributed by atoms with Gasteiger partial charge in [-0.3, -0.25) is 19.3 Å². The average Bonchev–Trinajstić information content (AvgIpc) is 3.33. The van der Waals surface area contributed by atoms with E-state index in [9.17, 15) is 40.7 Å². The molecule has 220 valence electrons. The number of nitrogens with zero attached hydrogens (tertiary/aromatic N) is 3. The molecule has 0 radical (unpaired) electrons. The first-order chi connectivity index (χ1) is 19.7. The van der Waals surface area contributed by atoms with Crippen LogP contribution in [-0.2, 0) is 28.7 Å². The summed E-state index contributed by atoms with van der Waals surface area (Å²) < 4.78 is 82.4. The van der Waals surface area contributed by atoms with Crippen molar-refractivity contribution < 1.29 is 45.8 Å². The number of carboxylic acid groups (broad SMARTS) is 1. The van der Waals surface area contributed by atoms with E-state index in [0.29, 0.717) is 28.1 Å². The number of halogens is 6. The second-order valence-electron chi connectivity index (χ2n) is 9.28. The van der Waals surface area contributed by atoms with Gasteiger partial charge in [-0.25, -0.2) is 18.0 Å². The summed E-state index contributed by atoms with van der Waals surface area (Å²) in [6, 6.07) is 4.59. The molecule has 15 heteroatoms. The lowest BCUT2D eigenvalue weighted by Gasteiger charge is -2.23. The molecule has 42 heavy (non-hydrogen) atoms. The number of alkyl halides is 3. The smallest absolute Gasteiger partial charge is 0.436 e. The van der Waals surface area contributed by atoms with Crippen LogP contribution in [-0.4, -0.2) is 37.7 Å². The summed E-state index contributed by atoms with van der Waals surface area (Å²) in [5.74, 6) is -6.38. The van der Waals surface area contributed by atoms with Crippen LogP contribution in [0.25, 0.3) is 5.57 Å². The molecule has 0 saturated carbocycles. The number of rotatable bonds is 9. The second kappa shape index (κ2) is 11.9. The van der Waals surface area contributed by atoms with Crippen LogP contribution in [0.3, 0.4) is 0 Å². The first-order valence-corrected chi connectivity index (χ1v) is 12.2. The predicted octanol–water partition coefficient (Wildman–Crippen LogP) is 4.26. The first kappa shape index (κ1) is 30.0. The molecule has 0 fully saturated rings. The quantitative estimate of drug-likeness (QED) is 0.317. The summed E-state index contributed by atoms with van der Waals surface area (Å²) in [7, 11) is 0. The van der Waals surface area contributed by atoms with Crippen molar-refractivity contribution in [1.29, 1.82) is 0 Å². The minimum absolute atomic E-state index is 0.0856. The zero-order valence-corrected chi connectivity index (χ0v) is 21.4. The standard InChI is InChI=1S/C27H21F6N5O4/c28-15-6-13(7-16(29)10-15)8-21(36-22(39)12-38-11-19(26(41)42)24(37-38)27(31,32)33)23-17(2-1-5-35-23)14-3-4-20(30)18(9-14)25(34)40/h1-2,5-7,9-11,21H,3-4,8,12H2,(H2,34,40)(H,36,39)(H,41,42)/t21-/m0/s1. The van der Waals surface area contributed by atoms with E-state index in [1.165, 1.54) is 18.3 Å². The highest BCUT2D eigenvalue weighted by molar-refractivity contribution is 5.98. The van der Waals surface area contributed by atoms with E-state index in [2.05, 4.69) is 15.4 Å². The zero-order chi connectivity index (χ0) is 30.8. The molecule has 0 unspecified atom stereocenters. The highest BCUT2D eigenvalue weighted by Crippen LogP contribution is 2.35. The molecule has 2 heterocycles. The van der Waals surface area contributed by atoms with Gasteiger partial charge in [-0.2, -0.15) is 18.3 Å². The normalized spacial score (nSPS) is 14.4. The van der Waals surface area contributed by atoms with Crippen molar-refractivity contribution in [3.8, 4) is 0 Å². The van der Waals surface area contributed by atoms with Crippen molar-refractivity contribution in [2.45, 2.75) is 38.0 Å². The Labute approximate surface area is 233 Å². The Bertz CT molecular complexity index is 1610. The van der Waals surface area contributed by atoms with Crippen LogP contribution in [0.1, 0.15) is 51.8 Å². The number of amides is 2. The van der Waals surface area contributed by atoms with E-state index in [-0.39, 0.29) is 36.1 Å². The van der Waals surface area contributed by atoms with Gasteiger partial charge < -0.3 is 16.2 Å². The topological polar surface area (TPSA) is 140 Å². The summed E-state index contributed by atoms with van der Waals surface area (Å²) in [5.41, 5.74) is 3.06. The fraction of sp³-hybridized carbons (Fsp3) is 0.222.